The molecule has 0 saturated carbocycles. The maximum atomic E-state index is 13.0. The van der Waals surface area contributed by atoms with Crippen molar-refractivity contribution >= 4 is 22.5 Å². The van der Waals surface area contributed by atoms with Gasteiger partial charge in [-0.05, 0) is 37.0 Å². The van der Waals surface area contributed by atoms with E-state index in [1.54, 1.807) is 0 Å². The van der Waals surface area contributed by atoms with E-state index in [1.165, 1.54) is 0 Å². The number of carbonyl (C=O) groups excluding carboxylic acids is 1. The number of para-hydroxylation sites is 1. The number of hydrogen-bond donors (Lipinski definition) is 1. The smallest absolute Gasteiger partial charge is 0.167 e. The second-order valence-corrected chi connectivity index (χ2v) is 7.32. The molecule has 138 valence electrons. The van der Waals surface area contributed by atoms with E-state index < -0.39 is 0 Å². The van der Waals surface area contributed by atoms with Crippen LogP contribution in [0.2, 0.25) is 0 Å². The lowest BCUT2D eigenvalue weighted by Gasteiger charge is -2.24. The molecule has 0 radical (unpaired) electrons. The molecular formula is C23H20N4O. The molecule has 0 fully saturated rings. The summed E-state index contributed by atoms with van der Waals surface area (Å²) in [6, 6.07) is 20.0. The van der Waals surface area contributed by atoms with Crippen molar-refractivity contribution < 1.29 is 4.79 Å². The summed E-state index contributed by atoms with van der Waals surface area (Å²) in [5, 5.41) is 5.43. The van der Waals surface area contributed by atoms with Crippen molar-refractivity contribution in [2.24, 2.45) is 0 Å². The molecule has 1 aliphatic carbocycles. The van der Waals surface area contributed by atoms with Gasteiger partial charge in [-0.25, -0.2) is 9.67 Å². The summed E-state index contributed by atoms with van der Waals surface area (Å²) in [6.45, 7) is 1.91. The topological polar surface area (TPSA) is 73.8 Å². The van der Waals surface area contributed by atoms with Gasteiger partial charge in [0.1, 0.15) is 0 Å². The van der Waals surface area contributed by atoms with Crippen LogP contribution in [0.15, 0.2) is 60.7 Å². The Morgan fingerprint density at radius 3 is 2.39 bits per heavy atom. The van der Waals surface area contributed by atoms with E-state index in [2.05, 4.69) is 17.2 Å². The van der Waals surface area contributed by atoms with Crippen LogP contribution in [0, 0.1) is 6.92 Å². The minimum absolute atomic E-state index is 0.0638. The lowest BCUT2D eigenvalue weighted by molar-refractivity contribution is 0.0964. The van der Waals surface area contributed by atoms with E-state index in [0.717, 1.165) is 28.0 Å². The SMILES string of the molecule is Cc1nn(-c2ccccc2)c2nc3c(c(N)c12)C(=O)CC(c1ccccc1)C3. The number of Topliss-reactive ketones (excluding diaryl/α,β-unsaturated/α-hetero) is 1. The fourth-order valence-electron chi connectivity index (χ4n) is 4.20. The number of carbonyl (C=O) groups is 1. The lowest BCUT2D eigenvalue weighted by Crippen LogP contribution is -2.22. The van der Waals surface area contributed by atoms with Crippen LogP contribution in [0.1, 0.15) is 39.6 Å². The van der Waals surface area contributed by atoms with Crippen LogP contribution in [-0.2, 0) is 6.42 Å². The van der Waals surface area contributed by atoms with Crippen molar-refractivity contribution in [3.63, 3.8) is 0 Å². The molecule has 5 nitrogen and oxygen atoms in total. The Morgan fingerprint density at radius 2 is 1.68 bits per heavy atom. The van der Waals surface area contributed by atoms with Crippen LogP contribution in [0.5, 0.6) is 0 Å². The predicted octanol–water partition coefficient (Wildman–Crippen LogP) is 4.22. The molecule has 2 aromatic heterocycles. The van der Waals surface area contributed by atoms with Crippen LogP contribution in [0.4, 0.5) is 5.69 Å². The summed E-state index contributed by atoms with van der Waals surface area (Å²) < 4.78 is 1.82. The Kier molecular flexibility index (Phi) is 3.76. The molecule has 0 saturated heterocycles. The Labute approximate surface area is 162 Å². The molecule has 2 heterocycles. The predicted molar refractivity (Wildman–Crippen MR) is 110 cm³/mol. The van der Waals surface area contributed by atoms with Gasteiger partial charge in [0.15, 0.2) is 11.4 Å². The fourth-order valence-corrected chi connectivity index (χ4v) is 4.20. The zero-order chi connectivity index (χ0) is 19.3. The summed E-state index contributed by atoms with van der Waals surface area (Å²) in [4.78, 5) is 17.9. The van der Waals surface area contributed by atoms with Crippen LogP contribution in [0.3, 0.4) is 0 Å². The number of pyridine rings is 1. The fraction of sp³-hybridized carbons (Fsp3) is 0.174. The van der Waals surface area contributed by atoms with Crippen molar-refractivity contribution in [3.05, 3.63) is 83.2 Å². The molecule has 0 aliphatic heterocycles. The van der Waals surface area contributed by atoms with Crippen molar-refractivity contribution in [2.75, 3.05) is 5.73 Å². The van der Waals surface area contributed by atoms with Crippen molar-refractivity contribution in [1.29, 1.82) is 0 Å². The monoisotopic (exact) mass is 368 g/mol. The second kappa shape index (κ2) is 6.30. The van der Waals surface area contributed by atoms with Gasteiger partial charge in [0.25, 0.3) is 0 Å². The van der Waals surface area contributed by atoms with Crippen molar-refractivity contribution in [3.8, 4) is 5.69 Å². The third-order valence-corrected chi connectivity index (χ3v) is 5.53. The first-order valence-corrected chi connectivity index (χ1v) is 9.44. The maximum Gasteiger partial charge on any atom is 0.167 e. The van der Waals surface area contributed by atoms with Gasteiger partial charge in [-0.1, -0.05) is 48.5 Å². The highest BCUT2D eigenvalue weighted by molar-refractivity contribution is 6.09. The van der Waals surface area contributed by atoms with Gasteiger partial charge in [-0.3, -0.25) is 4.79 Å². The van der Waals surface area contributed by atoms with E-state index >= 15 is 0 Å². The van der Waals surface area contributed by atoms with E-state index in [-0.39, 0.29) is 11.7 Å². The number of aromatic nitrogens is 3. The molecule has 2 aromatic carbocycles. The van der Waals surface area contributed by atoms with Gasteiger partial charge < -0.3 is 5.73 Å². The Balaban J connectivity index is 1.71. The summed E-state index contributed by atoms with van der Waals surface area (Å²) in [6.07, 6.45) is 1.16. The van der Waals surface area contributed by atoms with Crippen LogP contribution < -0.4 is 5.73 Å². The van der Waals surface area contributed by atoms with E-state index in [4.69, 9.17) is 10.7 Å². The molecule has 0 bridgehead atoms. The van der Waals surface area contributed by atoms with Gasteiger partial charge in [0, 0.05) is 6.42 Å². The zero-order valence-electron chi connectivity index (χ0n) is 15.6. The second-order valence-electron chi connectivity index (χ2n) is 7.32. The molecule has 2 N–H and O–H groups in total. The average Bonchev–Trinajstić information content (AvgIpc) is 3.05. The molecule has 0 amide bonds. The molecule has 1 atom stereocenters. The first-order chi connectivity index (χ1) is 13.6. The highest BCUT2D eigenvalue weighted by atomic mass is 16.1. The van der Waals surface area contributed by atoms with Crippen molar-refractivity contribution in [1.82, 2.24) is 14.8 Å². The number of nitrogen functional groups attached to an aromatic ring is 1. The normalized spacial score (nSPS) is 16.3. The minimum Gasteiger partial charge on any atom is -0.397 e. The van der Waals surface area contributed by atoms with Crippen LogP contribution in [-0.4, -0.2) is 20.5 Å². The van der Waals surface area contributed by atoms with Crippen molar-refractivity contribution in [2.45, 2.75) is 25.7 Å². The number of rotatable bonds is 2. The number of anilines is 1. The minimum atomic E-state index is 0.0638. The van der Waals surface area contributed by atoms with E-state index in [0.29, 0.717) is 29.7 Å². The summed E-state index contributed by atoms with van der Waals surface area (Å²) in [7, 11) is 0. The number of benzene rings is 2. The highest BCUT2D eigenvalue weighted by Crippen LogP contribution is 2.38. The Morgan fingerprint density at radius 1 is 1.00 bits per heavy atom. The molecule has 5 heteroatoms. The summed E-state index contributed by atoms with van der Waals surface area (Å²) in [5.74, 6) is 0.189. The van der Waals surface area contributed by atoms with E-state index in [9.17, 15) is 4.79 Å². The number of fused-ring (bicyclic) bond motifs is 2. The van der Waals surface area contributed by atoms with Crippen LogP contribution >= 0.6 is 0 Å². The molecule has 4 aromatic rings. The largest absolute Gasteiger partial charge is 0.397 e. The number of aryl methyl sites for hydroxylation is 1. The van der Waals surface area contributed by atoms with Gasteiger partial charge in [-0.2, -0.15) is 5.10 Å². The third kappa shape index (κ3) is 2.51. The quantitative estimate of drug-likeness (QED) is 0.575. The number of nitrogens with zero attached hydrogens (tertiary/aromatic N) is 3. The first kappa shape index (κ1) is 16.7. The Bertz CT molecular complexity index is 1200. The average molecular weight is 368 g/mol. The number of nitrogens with two attached hydrogens (primary N) is 1. The third-order valence-electron chi connectivity index (χ3n) is 5.53. The summed E-state index contributed by atoms with van der Waals surface area (Å²) >= 11 is 0. The lowest BCUT2D eigenvalue weighted by atomic mass is 9.81. The van der Waals surface area contributed by atoms with E-state index in [1.807, 2.05) is 60.1 Å². The maximum absolute atomic E-state index is 13.0. The summed E-state index contributed by atoms with van der Waals surface area (Å²) in [5.41, 5.74) is 11.9. The van der Waals surface area contributed by atoms with Gasteiger partial charge >= 0.3 is 0 Å². The molecular weight excluding hydrogens is 348 g/mol. The highest BCUT2D eigenvalue weighted by Gasteiger charge is 2.31. The number of ketones is 1. The molecule has 1 unspecified atom stereocenters. The first-order valence-electron chi connectivity index (χ1n) is 9.44. The van der Waals surface area contributed by atoms with Gasteiger partial charge in [0.05, 0.1) is 33.7 Å². The van der Waals surface area contributed by atoms with Gasteiger partial charge in [0.2, 0.25) is 0 Å². The molecule has 28 heavy (non-hydrogen) atoms. The molecule has 1 aliphatic rings. The standard InChI is InChI=1S/C23H20N4O/c1-14-20-22(24)21-18(12-16(13-19(21)28)15-8-4-2-5-9-15)25-23(20)27(26-14)17-10-6-3-7-11-17/h2-11,16H,12-13H2,1H3,(H2,24,25). The zero-order valence-corrected chi connectivity index (χ0v) is 15.6. The van der Waals surface area contributed by atoms with Gasteiger partial charge in [-0.15, -0.1) is 0 Å². The Hall–Kier alpha value is -3.47. The number of hydrogen-bond acceptors (Lipinski definition) is 4. The molecule has 5 rings (SSSR count). The van der Waals surface area contributed by atoms with Crippen LogP contribution in [0.25, 0.3) is 16.7 Å². The molecule has 0 spiro atoms.